The summed E-state index contributed by atoms with van der Waals surface area (Å²) in [6, 6.07) is 4.19. The summed E-state index contributed by atoms with van der Waals surface area (Å²) in [6.07, 6.45) is 1.02. The van der Waals surface area contributed by atoms with Gasteiger partial charge in [0.15, 0.2) is 0 Å². The Hall–Kier alpha value is -1.86. The first kappa shape index (κ1) is 18.1. The van der Waals surface area contributed by atoms with Crippen LogP contribution in [0.2, 0.25) is 0 Å². The number of nitro benzene ring substituents is 1. The molecular formula is C12H19ClN4O3. The van der Waals surface area contributed by atoms with Gasteiger partial charge in [-0.1, -0.05) is 13.0 Å². The SMILES string of the molecule is CCCNCCNC(=O)c1cccc([N+](=O)[O-])c1N.Cl. The van der Waals surface area contributed by atoms with Crippen LogP contribution in [-0.4, -0.2) is 30.5 Å². The Morgan fingerprint density at radius 1 is 1.35 bits per heavy atom. The van der Waals surface area contributed by atoms with E-state index < -0.39 is 10.8 Å². The zero-order valence-electron chi connectivity index (χ0n) is 11.2. The average Bonchev–Trinajstić information content (AvgIpc) is 2.38. The minimum absolute atomic E-state index is 0. The summed E-state index contributed by atoms with van der Waals surface area (Å²) >= 11 is 0. The van der Waals surface area contributed by atoms with E-state index in [-0.39, 0.29) is 29.3 Å². The fraction of sp³-hybridized carbons (Fsp3) is 0.417. The molecule has 7 nitrogen and oxygen atoms in total. The van der Waals surface area contributed by atoms with Crippen LogP contribution in [-0.2, 0) is 0 Å². The summed E-state index contributed by atoms with van der Waals surface area (Å²) in [4.78, 5) is 21.9. The lowest BCUT2D eigenvalue weighted by atomic mass is 10.1. The lowest BCUT2D eigenvalue weighted by Crippen LogP contribution is -2.32. The lowest BCUT2D eigenvalue weighted by Gasteiger charge is -2.08. The lowest BCUT2D eigenvalue weighted by molar-refractivity contribution is -0.383. The number of hydrogen-bond acceptors (Lipinski definition) is 5. The fourth-order valence-corrected chi connectivity index (χ4v) is 1.57. The van der Waals surface area contributed by atoms with E-state index in [0.29, 0.717) is 13.1 Å². The monoisotopic (exact) mass is 302 g/mol. The number of nitro groups is 1. The molecule has 0 unspecified atom stereocenters. The van der Waals surface area contributed by atoms with Crippen molar-refractivity contribution in [2.75, 3.05) is 25.4 Å². The summed E-state index contributed by atoms with van der Waals surface area (Å²) in [6.45, 7) is 4.03. The third-order valence-electron chi connectivity index (χ3n) is 2.54. The maximum atomic E-state index is 11.8. The van der Waals surface area contributed by atoms with E-state index in [1.54, 1.807) is 0 Å². The van der Waals surface area contributed by atoms with Crippen molar-refractivity contribution >= 4 is 29.7 Å². The number of nitrogens with one attached hydrogen (secondary N) is 2. The predicted molar refractivity (Wildman–Crippen MR) is 80.3 cm³/mol. The third-order valence-corrected chi connectivity index (χ3v) is 2.54. The molecule has 0 bridgehead atoms. The Morgan fingerprint density at radius 2 is 2.05 bits per heavy atom. The number of nitrogens with two attached hydrogens (primary N) is 1. The van der Waals surface area contributed by atoms with Gasteiger partial charge in [0.1, 0.15) is 5.69 Å². The first-order valence-corrected chi connectivity index (χ1v) is 6.09. The maximum absolute atomic E-state index is 11.8. The Balaban J connectivity index is 0.00000361. The van der Waals surface area contributed by atoms with Gasteiger partial charge in [-0.2, -0.15) is 0 Å². The van der Waals surface area contributed by atoms with E-state index >= 15 is 0 Å². The number of carbonyl (C=O) groups is 1. The molecule has 0 fully saturated rings. The largest absolute Gasteiger partial charge is 0.393 e. The molecule has 0 heterocycles. The van der Waals surface area contributed by atoms with Crippen LogP contribution >= 0.6 is 12.4 Å². The van der Waals surface area contributed by atoms with Gasteiger partial charge >= 0.3 is 0 Å². The second-order valence-electron chi connectivity index (χ2n) is 4.00. The van der Waals surface area contributed by atoms with Crippen LogP contribution in [0.4, 0.5) is 11.4 Å². The molecule has 4 N–H and O–H groups in total. The van der Waals surface area contributed by atoms with E-state index in [9.17, 15) is 14.9 Å². The van der Waals surface area contributed by atoms with Crippen LogP contribution < -0.4 is 16.4 Å². The van der Waals surface area contributed by atoms with Crippen LogP contribution in [0.1, 0.15) is 23.7 Å². The molecular weight excluding hydrogens is 284 g/mol. The molecule has 1 rings (SSSR count). The molecule has 0 aliphatic heterocycles. The molecule has 0 saturated heterocycles. The van der Waals surface area contributed by atoms with Gasteiger partial charge in [-0.25, -0.2) is 0 Å². The van der Waals surface area contributed by atoms with Crippen LogP contribution in [0.15, 0.2) is 18.2 Å². The minimum Gasteiger partial charge on any atom is -0.393 e. The molecule has 0 spiro atoms. The second-order valence-corrected chi connectivity index (χ2v) is 4.00. The van der Waals surface area contributed by atoms with Crippen molar-refractivity contribution in [3.8, 4) is 0 Å². The Labute approximate surface area is 123 Å². The van der Waals surface area contributed by atoms with Gasteiger partial charge in [-0.3, -0.25) is 14.9 Å². The number of anilines is 1. The Morgan fingerprint density at radius 3 is 2.65 bits per heavy atom. The molecule has 112 valence electrons. The smallest absolute Gasteiger partial charge is 0.292 e. The van der Waals surface area contributed by atoms with Crippen molar-refractivity contribution in [3.05, 3.63) is 33.9 Å². The predicted octanol–water partition coefficient (Wildman–Crippen LogP) is 1.33. The highest BCUT2D eigenvalue weighted by atomic mass is 35.5. The van der Waals surface area contributed by atoms with E-state index in [1.165, 1.54) is 18.2 Å². The van der Waals surface area contributed by atoms with Gasteiger partial charge in [0, 0.05) is 19.2 Å². The number of rotatable bonds is 7. The molecule has 0 atom stereocenters. The standard InChI is InChI=1S/C12H18N4O3.ClH/c1-2-6-14-7-8-15-12(17)9-4-3-5-10(11(9)13)16(18)19;/h3-5,14H,2,6-8,13H2,1H3,(H,15,17);1H. The number of nitrogen functional groups attached to an aromatic ring is 1. The van der Waals surface area contributed by atoms with Crippen molar-refractivity contribution in [2.45, 2.75) is 13.3 Å². The first-order chi connectivity index (χ1) is 9.07. The van der Waals surface area contributed by atoms with Crippen LogP contribution in [0.25, 0.3) is 0 Å². The highest BCUT2D eigenvalue weighted by molar-refractivity contribution is 6.00. The Bertz CT molecular complexity index is 468. The molecule has 1 aromatic rings. The average molecular weight is 303 g/mol. The summed E-state index contributed by atoms with van der Waals surface area (Å²) in [7, 11) is 0. The topological polar surface area (TPSA) is 110 Å². The minimum atomic E-state index is -0.602. The number of benzene rings is 1. The molecule has 0 saturated carbocycles. The Kier molecular flexibility index (Phi) is 8.26. The van der Waals surface area contributed by atoms with Gasteiger partial charge in [0.25, 0.3) is 11.6 Å². The van der Waals surface area contributed by atoms with Crippen molar-refractivity contribution in [1.29, 1.82) is 0 Å². The van der Waals surface area contributed by atoms with Gasteiger partial charge in [-0.15, -0.1) is 12.4 Å². The van der Waals surface area contributed by atoms with Gasteiger partial charge in [0.05, 0.1) is 10.5 Å². The number of hydrogen-bond donors (Lipinski definition) is 3. The van der Waals surface area contributed by atoms with E-state index in [2.05, 4.69) is 17.6 Å². The zero-order valence-corrected chi connectivity index (χ0v) is 12.0. The molecule has 0 radical (unpaired) electrons. The molecule has 8 heteroatoms. The van der Waals surface area contributed by atoms with Crippen molar-refractivity contribution < 1.29 is 9.72 Å². The summed E-state index contributed by atoms with van der Waals surface area (Å²) in [5, 5.41) is 16.5. The number of para-hydroxylation sites is 1. The molecule has 0 aliphatic carbocycles. The number of nitrogens with zero attached hydrogens (tertiary/aromatic N) is 1. The molecule has 20 heavy (non-hydrogen) atoms. The number of halogens is 1. The number of carbonyl (C=O) groups excluding carboxylic acids is 1. The fourth-order valence-electron chi connectivity index (χ4n) is 1.57. The van der Waals surface area contributed by atoms with E-state index in [4.69, 9.17) is 5.73 Å². The van der Waals surface area contributed by atoms with Gasteiger partial charge in [-0.05, 0) is 19.0 Å². The van der Waals surface area contributed by atoms with Gasteiger partial charge < -0.3 is 16.4 Å². The molecule has 1 aromatic carbocycles. The number of amides is 1. The maximum Gasteiger partial charge on any atom is 0.292 e. The highest BCUT2D eigenvalue weighted by Crippen LogP contribution is 2.24. The zero-order chi connectivity index (χ0) is 14.3. The summed E-state index contributed by atoms with van der Waals surface area (Å²) < 4.78 is 0. The van der Waals surface area contributed by atoms with Crippen molar-refractivity contribution in [2.24, 2.45) is 0 Å². The van der Waals surface area contributed by atoms with Gasteiger partial charge in [0.2, 0.25) is 0 Å². The van der Waals surface area contributed by atoms with E-state index in [1.807, 2.05) is 0 Å². The summed E-state index contributed by atoms with van der Waals surface area (Å²) in [5.74, 6) is -0.403. The molecule has 1 amide bonds. The molecule has 0 aromatic heterocycles. The normalized spacial score (nSPS) is 9.65. The van der Waals surface area contributed by atoms with Crippen LogP contribution in [0, 0.1) is 10.1 Å². The summed E-state index contributed by atoms with van der Waals surface area (Å²) in [5.41, 5.74) is 5.39. The highest BCUT2D eigenvalue weighted by Gasteiger charge is 2.18. The second kappa shape index (κ2) is 9.11. The van der Waals surface area contributed by atoms with Crippen molar-refractivity contribution in [1.82, 2.24) is 10.6 Å². The van der Waals surface area contributed by atoms with Crippen LogP contribution in [0.5, 0.6) is 0 Å². The molecule has 0 aliphatic rings. The van der Waals surface area contributed by atoms with E-state index in [0.717, 1.165) is 13.0 Å². The quantitative estimate of drug-likeness (QED) is 0.304. The van der Waals surface area contributed by atoms with Crippen LogP contribution in [0.3, 0.4) is 0 Å². The van der Waals surface area contributed by atoms with Crippen molar-refractivity contribution in [3.63, 3.8) is 0 Å². The third kappa shape index (κ3) is 5.02. The first-order valence-electron chi connectivity index (χ1n) is 6.09.